The number of rotatable bonds is 4. The summed E-state index contributed by atoms with van der Waals surface area (Å²) >= 11 is 0. The fourth-order valence-electron chi connectivity index (χ4n) is 1.68. The summed E-state index contributed by atoms with van der Waals surface area (Å²) in [4.78, 5) is 10.7. The van der Waals surface area contributed by atoms with Crippen molar-refractivity contribution in [2.45, 2.75) is 38.3 Å². The average molecular weight is 186 g/mol. The van der Waals surface area contributed by atoms with Gasteiger partial charge in [-0.25, -0.2) is 0 Å². The van der Waals surface area contributed by atoms with Crippen molar-refractivity contribution in [2.24, 2.45) is 11.7 Å². The Balaban J connectivity index is 2.22. The summed E-state index contributed by atoms with van der Waals surface area (Å²) in [6.07, 6.45) is 2.81. The molecule has 0 heterocycles. The Morgan fingerprint density at radius 2 is 2.38 bits per heavy atom. The van der Waals surface area contributed by atoms with E-state index in [1.54, 1.807) is 6.92 Å². The van der Waals surface area contributed by atoms with Crippen LogP contribution in [0.5, 0.6) is 0 Å². The van der Waals surface area contributed by atoms with Gasteiger partial charge >= 0.3 is 0 Å². The number of aliphatic hydroxyl groups excluding tert-OH is 1. The van der Waals surface area contributed by atoms with E-state index in [0.29, 0.717) is 12.5 Å². The molecule has 0 aliphatic heterocycles. The Kier molecular flexibility index (Phi) is 3.69. The van der Waals surface area contributed by atoms with Gasteiger partial charge in [-0.2, -0.15) is 0 Å². The van der Waals surface area contributed by atoms with Crippen LogP contribution in [0.15, 0.2) is 0 Å². The molecule has 1 fully saturated rings. The van der Waals surface area contributed by atoms with Crippen LogP contribution in [0.4, 0.5) is 0 Å². The second kappa shape index (κ2) is 4.58. The van der Waals surface area contributed by atoms with Crippen LogP contribution in [0.3, 0.4) is 0 Å². The first kappa shape index (κ1) is 10.5. The van der Waals surface area contributed by atoms with E-state index in [9.17, 15) is 9.90 Å². The SMILES string of the molecule is CC(NCC1CCCC1O)C(N)=O. The van der Waals surface area contributed by atoms with E-state index >= 15 is 0 Å². The monoisotopic (exact) mass is 186 g/mol. The van der Waals surface area contributed by atoms with E-state index in [-0.39, 0.29) is 18.1 Å². The van der Waals surface area contributed by atoms with Crippen LogP contribution >= 0.6 is 0 Å². The third-order valence-electron chi connectivity index (χ3n) is 2.73. The van der Waals surface area contributed by atoms with Gasteiger partial charge in [0.15, 0.2) is 0 Å². The molecular weight excluding hydrogens is 168 g/mol. The van der Waals surface area contributed by atoms with Crippen LogP contribution in [-0.4, -0.2) is 29.7 Å². The molecule has 13 heavy (non-hydrogen) atoms. The summed E-state index contributed by atoms with van der Waals surface area (Å²) in [7, 11) is 0. The van der Waals surface area contributed by atoms with Crippen molar-refractivity contribution in [3.63, 3.8) is 0 Å². The average Bonchev–Trinajstić information content (AvgIpc) is 2.47. The number of hydrogen-bond acceptors (Lipinski definition) is 3. The molecule has 1 aliphatic carbocycles. The van der Waals surface area contributed by atoms with Crippen LogP contribution < -0.4 is 11.1 Å². The fourth-order valence-corrected chi connectivity index (χ4v) is 1.68. The third kappa shape index (κ3) is 2.97. The molecule has 0 saturated heterocycles. The number of primary amides is 1. The summed E-state index contributed by atoms with van der Waals surface area (Å²) in [5, 5.41) is 12.5. The molecule has 0 radical (unpaired) electrons. The number of carbonyl (C=O) groups excluding carboxylic acids is 1. The van der Waals surface area contributed by atoms with Crippen molar-refractivity contribution >= 4 is 5.91 Å². The number of aliphatic hydroxyl groups is 1. The number of nitrogens with two attached hydrogens (primary N) is 1. The van der Waals surface area contributed by atoms with Gasteiger partial charge in [-0.3, -0.25) is 4.79 Å². The van der Waals surface area contributed by atoms with Crippen LogP contribution in [-0.2, 0) is 4.79 Å². The topological polar surface area (TPSA) is 75.3 Å². The van der Waals surface area contributed by atoms with E-state index in [0.717, 1.165) is 19.3 Å². The van der Waals surface area contributed by atoms with E-state index in [1.165, 1.54) is 0 Å². The van der Waals surface area contributed by atoms with E-state index < -0.39 is 0 Å². The Hall–Kier alpha value is -0.610. The maximum atomic E-state index is 10.7. The van der Waals surface area contributed by atoms with Gasteiger partial charge in [-0.1, -0.05) is 6.42 Å². The number of carbonyl (C=O) groups is 1. The molecule has 0 aromatic carbocycles. The summed E-state index contributed by atoms with van der Waals surface area (Å²) in [6.45, 7) is 2.43. The van der Waals surface area contributed by atoms with Gasteiger partial charge in [-0.05, 0) is 25.7 Å². The minimum Gasteiger partial charge on any atom is -0.393 e. The quantitative estimate of drug-likeness (QED) is 0.559. The molecule has 0 aromatic rings. The zero-order valence-corrected chi connectivity index (χ0v) is 7.99. The Morgan fingerprint density at radius 3 is 2.85 bits per heavy atom. The van der Waals surface area contributed by atoms with E-state index in [1.807, 2.05) is 0 Å². The smallest absolute Gasteiger partial charge is 0.234 e. The van der Waals surface area contributed by atoms with Crippen LogP contribution in [0, 0.1) is 5.92 Å². The predicted octanol–water partition coefficient (Wildman–Crippen LogP) is -0.389. The number of hydrogen-bond donors (Lipinski definition) is 3. The lowest BCUT2D eigenvalue weighted by Crippen LogP contribution is -2.42. The van der Waals surface area contributed by atoms with Crippen molar-refractivity contribution in [2.75, 3.05) is 6.54 Å². The molecule has 4 N–H and O–H groups in total. The first-order chi connectivity index (χ1) is 6.11. The lowest BCUT2D eigenvalue weighted by molar-refractivity contribution is -0.119. The summed E-state index contributed by atoms with van der Waals surface area (Å²) < 4.78 is 0. The Bertz CT molecular complexity index is 184. The standard InChI is InChI=1S/C9H18N2O2/c1-6(9(10)13)11-5-7-3-2-4-8(7)12/h6-8,11-12H,2-5H2,1H3,(H2,10,13). The molecule has 1 aliphatic rings. The highest BCUT2D eigenvalue weighted by Crippen LogP contribution is 2.24. The maximum Gasteiger partial charge on any atom is 0.234 e. The third-order valence-corrected chi connectivity index (χ3v) is 2.73. The molecule has 1 amide bonds. The predicted molar refractivity (Wildman–Crippen MR) is 50.0 cm³/mol. The molecule has 4 nitrogen and oxygen atoms in total. The molecule has 0 aromatic heterocycles. The van der Waals surface area contributed by atoms with E-state index in [4.69, 9.17) is 5.73 Å². The minimum absolute atomic E-state index is 0.201. The molecule has 0 spiro atoms. The lowest BCUT2D eigenvalue weighted by Gasteiger charge is -2.17. The maximum absolute atomic E-state index is 10.7. The fraction of sp³-hybridized carbons (Fsp3) is 0.889. The Morgan fingerprint density at radius 1 is 1.69 bits per heavy atom. The Labute approximate surface area is 78.5 Å². The molecule has 3 atom stereocenters. The zero-order chi connectivity index (χ0) is 9.84. The molecule has 1 saturated carbocycles. The van der Waals surface area contributed by atoms with Gasteiger partial charge in [0.2, 0.25) is 5.91 Å². The second-order valence-corrected chi connectivity index (χ2v) is 3.79. The molecular formula is C9H18N2O2. The normalized spacial score (nSPS) is 30.3. The van der Waals surface area contributed by atoms with Crippen molar-refractivity contribution in [1.82, 2.24) is 5.32 Å². The van der Waals surface area contributed by atoms with Crippen LogP contribution in [0.2, 0.25) is 0 Å². The van der Waals surface area contributed by atoms with Gasteiger partial charge in [-0.15, -0.1) is 0 Å². The van der Waals surface area contributed by atoms with Crippen LogP contribution in [0.25, 0.3) is 0 Å². The van der Waals surface area contributed by atoms with Crippen molar-refractivity contribution in [1.29, 1.82) is 0 Å². The summed E-state index contributed by atoms with van der Waals surface area (Å²) in [5.41, 5.74) is 5.09. The van der Waals surface area contributed by atoms with Crippen molar-refractivity contribution in [3.05, 3.63) is 0 Å². The molecule has 4 heteroatoms. The lowest BCUT2D eigenvalue weighted by atomic mass is 10.1. The molecule has 1 rings (SSSR count). The van der Waals surface area contributed by atoms with Gasteiger partial charge < -0.3 is 16.2 Å². The van der Waals surface area contributed by atoms with Gasteiger partial charge in [0.25, 0.3) is 0 Å². The molecule has 0 bridgehead atoms. The van der Waals surface area contributed by atoms with Crippen molar-refractivity contribution in [3.8, 4) is 0 Å². The largest absolute Gasteiger partial charge is 0.393 e. The highest BCUT2D eigenvalue weighted by Gasteiger charge is 2.25. The van der Waals surface area contributed by atoms with Gasteiger partial charge in [0, 0.05) is 6.54 Å². The highest BCUT2D eigenvalue weighted by atomic mass is 16.3. The number of nitrogens with one attached hydrogen (secondary N) is 1. The van der Waals surface area contributed by atoms with E-state index in [2.05, 4.69) is 5.32 Å². The number of amides is 1. The highest BCUT2D eigenvalue weighted by molar-refractivity contribution is 5.79. The summed E-state index contributed by atoms with van der Waals surface area (Å²) in [5.74, 6) is -0.0470. The second-order valence-electron chi connectivity index (χ2n) is 3.79. The minimum atomic E-state index is -0.340. The zero-order valence-electron chi connectivity index (χ0n) is 7.99. The first-order valence-corrected chi connectivity index (χ1v) is 4.82. The van der Waals surface area contributed by atoms with Crippen LogP contribution in [0.1, 0.15) is 26.2 Å². The summed E-state index contributed by atoms with van der Waals surface area (Å²) in [6, 6.07) is -0.298. The van der Waals surface area contributed by atoms with Gasteiger partial charge in [0.1, 0.15) is 0 Å². The molecule has 76 valence electrons. The molecule has 3 unspecified atom stereocenters. The van der Waals surface area contributed by atoms with Gasteiger partial charge in [0.05, 0.1) is 12.1 Å². The first-order valence-electron chi connectivity index (χ1n) is 4.82. The van der Waals surface area contributed by atoms with Crippen molar-refractivity contribution < 1.29 is 9.90 Å².